The summed E-state index contributed by atoms with van der Waals surface area (Å²) < 4.78 is 31.1. The number of furan rings is 1. The first kappa shape index (κ1) is 19.7. The van der Waals surface area contributed by atoms with Crippen LogP contribution in [0.3, 0.4) is 0 Å². The number of nitrogens with zero attached hydrogens (tertiary/aromatic N) is 1. The van der Waals surface area contributed by atoms with Gasteiger partial charge in [0.2, 0.25) is 5.91 Å². The van der Waals surface area contributed by atoms with Crippen molar-refractivity contribution in [3.8, 4) is 22.8 Å². The minimum Gasteiger partial charge on any atom is -0.486 e. The topological polar surface area (TPSA) is 51.9 Å². The molecule has 0 bridgehead atoms. The van der Waals surface area contributed by atoms with Gasteiger partial charge in [0.05, 0.1) is 11.6 Å². The van der Waals surface area contributed by atoms with Crippen LogP contribution in [0.1, 0.15) is 36.6 Å². The van der Waals surface area contributed by atoms with Crippen LogP contribution >= 0.6 is 0 Å². The lowest BCUT2D eigenvalue weighted by molar-refractivity contribution is -0.132. The van der Waals surface area contributed by atoms with Crippen molar-refractivity contribution in [2.24, 2.45) is 0 Å². The van der Waals surface area contributed by atoms with E-state index in [1.807, 2.05) is 29.2 Å². The van der Waals surface area contributed by atoms with Crippen molar-refractivity contribution in [1.82, 2.24) is 4.90 Å². The number of hydrogen-bond acceptors (Lipinski definition) is 4. The number of rotatable bonds is 5. The molecule has 0 unspecified atom stereocenters. The zero-order chi connectivity index (χ0) is 21.2. The van der Waals surface area contributed by atoms with E-state index in [4.69, 9.17) is 13.9 Å². The third-order valence-electron chi connectivity index (χ3n) is 5.91. The molecule has 2 aromatic carbocycles. The third kappa shape index (κ3) is 4.02. The number of fused-ring (bicyclic) bond motifs is 1. The third-order valence-corrected chi connectivity index (χ3v) is 5.91. The largest absolute Gasteiger partial charge is 0.486 e. The SMILES string of the molecule is O=C(CCc1ccc(-c2ccccc2F)o1)N1CCC[C@H]1c1ccc2c(c1)OCCO2. The number of carbonyl (C=O) groups is 1. The Morgan fingerprint density at radius 1 is 1.03 bits per heavy atom. The standard InChI is InChI=1S/C25H24FNO4/c26-20-5-2-1-4-19(20)22-11-8-18(31-22)9-12-25(28)27-13-3-6-21(27)17-7-10-23-24(16-17)30-15-14-29-23/h1-2,4-5,7-8,10-11,16,21H,3,6,9,12-15H2/t21-/m0/s1. The molecular weight excluding hydrogens is 397 g/mol. The summed E-state index contributed by atoms with van der Waals surface area (Å²) in [5.41, 5.74) is 1.51. The summed E-state index contributed by atoms with van der Waals surface area (Å²) in [7, 11) is 0. The molecule has 5 nitrogen and oxygen atoms in total. The minimum absolute atomic E-state index is 0.0499. The monoisotopic (exact) mass is 421 g/mol. The Kier molecular flexibility index (Phi) is 5.37. The maximum Gasteiger partial charge on any atom is 0.223 e. The minimum atomic E-state index is -0.321. The van der Waals surface area contributed by atoms with E-state index in [9.17, 15) is 9.18 Å². The number of carbonyl (C=O) groups excluding carboxylic acids is 1. The number of ether oxygens (including phenoxy) is 2. The molecule has 1 saturated heterocycles. The molecule has 2 aliphatic rings. The van der Waals surface area contributed by atoms with E-state index in [1.165, 1.54) is 6.07 Å². The molecule has 2 aliphatic heterocycles. The molecule has 3 aromatic rings. The molecule has 5 rings (SSSR count). The first-order valence-electron chi connectivity index (χ1n) is 10.7. The molecule has 1 fully saturated rings. The van der Waals surface area contributed by atoms with Gasteiger partial charge in [-0.05, 0) is 54.8 Å². The highest BCUT2D eigenvalue weighted by Gasteiger charge is 2.30. The first-order chi connectivity index (χ1) is 15.2. The van der Waals surface area contributed by atoms with Crippen molar-refractivity contribution in [2.45, 2.75) is 31.7 Å². The summed E-state index contributed by atoms with van der Waals surface area (Å²) in [4.78, 5) is 14.9. The van der Waals surface area contributed by atoms with Crippen LogP contribution in [0.2, 0.25) is 0 Å². The van der Waals surface area contributed by atoms with Crippen LogP contribution in [-0.2, 0) is 11.2 Å². The van der Waals surface area contributed by atoms with Gasteiger partial charge in [0.25, 0.3) is 0 Å². The lowest BCUT2D eigenvalue weighted by Crippen LogP contribution is -2.30. The highest BCUT2D eigenvalue weighted by atomic mass is 19.1. The second-order valence-corrected chi connectivity index (χ2v) is 7.89. The molecule has 31 heavy (non-hydrogen) atoms. The zero-order valence-corrected chi connectivity index (χ0v) is 17.2. The summed E-state index contributed by atoms with van der Waals surface area (Å²) in [6.07, 6.45) is 2.75. The Hall–Kier alpha value is -3.28. The fraction of sp³-hybridized carbons (Fsp3) is 0.320. The Labute approximate surface area is 180 Å². The molecule has 3 heterocycles. The quantitative estimate of drug-likeness (QED) is 0.572. The van der Waals surface area contributed by atoms with Gasteiger partial charge in [0.1, 0.15) is 30.6 Å². The van der Waals surface area contributed by atoms with Crippen molar-refractivity contribution < 1.29 is 23.1 Å². The van der Waals surface area contributed by atoms with Crippen molar-refractivity contribution in [2.75, 3.05) is 19.8 Å². The lowest BCUT2D eigenvalue weighted by atomic mass is 10.0. The molecule has 6 heteroatoms. The highest BCUT2D eigenvalue weighted by Crippen LogP contribution is 2.38. The number of aryl methyl sites for hydroxylation is 1. The van der Waals surface area contributed by atoms with E-state index in [0.717, 1.165) is 36.4 Å². The Balaban J connectivity index is 1.25. The molecule has 0 spiro atoms. The molecule has 1 amide bonds. The first-order valence-corrected chi connectivity index (χ1v) is 10.7. The fourth-order valence-electron chi connectivity index (χ4n) is 4.37. The number of amides is 1. The normalized spacial score (nSPS) is 17.7. The van der Waals surface area contributed by atoms with Crippen LogP contribution in [0.4, 0.5) is 4.39 Å². The van der Waals surface area contributed by atoms with Crippen LogP contribution in [-0.4, -0.2) is 30.6 Å². The Morgan fingerprint density at radius 3 is 2.74 bits per heavy atom. The predicted molar refractivity (Wildman–Crippen MR) is 114 cm³/mol. The van der Waals surface area contributed by atoms with Crippen LogP contribution in [0, 0.1) is 5.82 Å². The molecule has 0 radical (unpaired) electrons. The highest BCUT2D eigenvalue weighted by molar-refractivity contribution is 5.77. The number of likely N-dealkylation sites (tertiary alicyclic amines) is 1. The number of hydrogen-bond donors (Lipinski definition) is 0. The smallest absolute Gasteiger partial charge is 0.223 e. The van der Waals surface area contributed by atoms with E-state index < -0.39 is 0 Å². The molecular formula is C25H24FNO4. The van der Waals surface area contributed by atoms with Crippen LogP contribution in [0.15, 0.2) is 59.0 Å². The fourth-order valence-corrected chi connectivity index (χ4v) is 4.37. The average molecular weight is 421 g/mol. The average Bonchev–Trinajstić information content (AvgIpc) is 3.47. The summed E-state index contributed by atoms with van der Waals surface area (Å²) >= 11 is 0. The second kappa shape index (κ2) is 8.46. The number of benzene rings is 2. The van der Waals surface area contributed by atoms with Gasteiger partial charge in [-0.25, -0.2) is 4.39 Å². The Morgan fingerprint density at radius 2 is 1.87 bits per heavy atom. The van der Waals surface area contributed by atoms with Gasteiger partial charge in [-0.2, -0.15) is 0 Å². The van der Waals surface area contributed by atoms with Crippen LogP contribution in [0.5, 0.6) is 11.5 Å². The van der Waals surface area contributed by atoms with Crippen molar-refractivity contribution in [3.05, 3.63) is 71.7 Å². The summed E-state index contributed by atoms with van der Waals surface area (Å²) in [6, 6.07) is 16.1. The van der Waals surface area contributed by atoms with Crippen molar-refractivity contribution >= 4 is 5.91 Å². The molecule has 0 saturated carbocycles. The van der Waals surface area contributed by atoms with Crippen molar-refractivity contribution in [3.63, 3.8) is 0 Å². The van der Waals surface area contributed by atoms with E-state index in [-0.39, 0.29) is 17.8 Å². The van der Waals surface area contributed by atoms with Crippen LogP contribution < -0.4 is 9.47 Å². The van der Waals surface area contributed by atoms with E-state index in [0.29, 0.717) is 43.1 Å². The van der Waals surface area contributed by atoms with Gasteiger partial charge in [-0.15, -0.1) is 0 Å². The van der Waals surface area contributed by atoms with Gasteiger partial charge in [-0.1, -0.05) is 18.2 Å². The molecule has 1 atom stereocenters. The summed E-state index contributed by atoms with van der Waals surface area (Å²) in [5, 5.41) is 0. The van der Waals surface area contributed by atoms with Gasteiger partial charge < -0.3 is 18.8 Å². The maximum atomic E-state index is 14.0. The molecule has 0 aliphatic carbocycles. The summed E-state index contributed by atoms with van der Waals surface area (Å²) in [6.45, 7) is 1.85. The van der Waals surface area contributed by atoms with Crippen LogP contribution in [0.25, 0.3) is 11.3 Å². The van der Waals surface area contributed by atoms with E-state index in [2.05, 4.69) is 0 Å². The van der Waals surface area contributed by atoms with Gasteiger partial charge >= 0.3 is 0 Å². The predicted octanol–water partition coefficient (Wildman–Crippen LogP) is 5.15. The van der Waals surface area contributed by atoms with E-state index >= 15 is 0 Å². The van der Waals surface area contributed by atoms with Gasteiger partial charge in [0.15, 0.2) is 11.5 Å². The molecule has 0 N–H and O–H groups in total. The Bertz CT molecular complexity index is 1090. The second-order valence-electron chi connectivity index (χ2n) is 7.89. The number of halogens is 1. The summed E-state index contributed by atoms with van der Waals surface area (Å²) in [5.74, 6) is 2.45. The van der Waals surface area contributed by atoms with Crippen molar-refractivity contribution in [1.29, 1.82) is 0 Å². The van der Waals surface area contributed by atoms with E-state index in [1.54, 1.807) is 24.3 Å². The molecule has 160 valence electrons. The zero-order valence-electron chi connectivity index (χ0n) is 17.2. The molecule has 1 aromatic heterocycles. The lowest BCUT2D eigenvalue weighted by Gasteiger charge is -2.26. The van der Waals surface area contributed by atoms with Gasteiger partial charge in [0, 0.05) is 19.4 Å². The maximum absolute atomic E-state index is 14.0. The van der Waals surface area contributed by atoms with Gasteiger partial charge in [-0.3, -0.25) is 4.79 Å².